The lowest BCUT2D eigenvalue weighted by atomic mass is 10.1. The van der Waals surface area contributed by atoms with E-state index in [1.807, 2.05) is 0 Å². The first-order valence-electron chi connectivity index (χ1n) is 6.56. The molecule has 0 saturated heterocycles. The molecule has 1 aromatic rings. The molecule has 2 atom stereocenters. The molecule has 0 spiro atoms. The molecule has 0 fully saturated rings. The third-order valence-electron chi connectivity index (χ3n) is 2.59. The molecule has 1 aromatic carbocycles. The van der Waals surface area contributed by atoms with Gasteiger partial charge in [0, 0.05) is 6.08 Å². The van der Waals surface area contributed by atoms with Crippen molar-refractivity contribution in [3.05, 3.63) is 48.0 Å². The number of benzene rings is 1. The Bertz CT molecular complexity index is 486. The minimum atomic E-state index is -0.924. The van der Waals surface area contributed by atoms with E-state index in [1.54, 1.807) is 37.3 Å². The maximum Gasteiger partial charge on any atom is 0.338 e. The Balaban J connectivity index is 2.75. The van der Waals surface area contributed by atoms with E-state index in [4.69, 9.17) is 20.3 Å². The Morgan fingerprint density at radius 3 is 2.57 bits per heavy atom. The zero-order valence-electron chi connectivity index (χ0n) is 11.8. The second-order valence-electron chi connectivity index (χ2n) is 4.19. The highest BCUT2D eigenvalue weighted by molar-refractivity contribution is 5.89. The lowest BCUT2D eigenvalue weighted by Gasteiger charge is -2.19. The maximum absolute atomic E-state index is 11.9. The summed E-state index contributed by atoms with van der Waals surface area (Å²) >= 11 is 0. The Morgan fingerprint density at radius 2 is 2.00 bits per heavy atom. The van der Waals surface area contributed by atoms with Crippen molar-refractivity contribution in [1.29, 1.82) is 0 Å². The highest BCUT2D eigenvalue weighted by Gasteiger charge is 2.20. The number of nitrogens with two attached hydrogens (primary N) is 1. The summed E-state index contributed by atoms with van der Waals surface area (Å²) in [5.74, 6) is -1.15. The summed E-state index contributed by atoms with van der Waals surface area (Å²) in [4.78, 5) is 23.2. The molecule has 114 valence electrons. The Morgan fingerprint density at radius 1 is 1.33 bits per heavy atom. The summed E-state index contributed by atoms with van der Waals surface area (Å²) in [6, 6.07) is 7.54. The normalized spacial score (nSPS) is 13.7. The molecule has 21 heavy (non-hydrogen) atoms. The molecular weight excluding hydrogens is 274 g/mol. The molecule has 0 bridgehead atoms. The van der Waals surface area contributed by atoms with E-state index in [1.165, 1.54) is 6.08 Å². The van der Waals surface area contributed by atoms with E-state index in [2.05, 4.69) is 0 Å². The molecule has 3 N–H and O–H groups in total. The first-order chi connectivity index (χ1) is 10.1. The molecule has 0 unspecified atom stereocenters. The summed E-state index contributed by atoms with van der Waals surface area (Å²) in [7, 11) is 0. The molecule has 0 amide bonds. The fourth-order valence-electron chi connectivity index (χ4n) is 1.50. The molecule has 0 aliphatic heterocycles. The van der Waals surface area contributed by atoms with Gasteiger partial charge in [0.1, 0.15) is 6.10 Å². The summed E-state index contributed by atoms with van der Waals surface area (Å²) in [5, 5.41) is 9.09. The van der Waals surface area contributed by atoms with Gasteiger partial charge in [-0.3, -0.25) is 0 Å². The van der Waals surface area contributed by atoms with Crippen LogP contribution in [0.5, 0.6) is 0 Å². The molecule has 0 radical (unpaired) electrons. The number of carbonyl (C=O) groups is 2. The van der Waals surface area contributed by atoms with Crippen LogP contribution < -0.4 is 5.73 Å². The van der Waals surface area contributed by atoms with Crippen molar-refractivity contribution in [2.24, 2.45) is 5.73 Å². The molecule has 6 nitrogen and oxygen atoms in total. The SMILES string of the molecule is CCOC(=O)/C=C\[C@@H](OC(=O)c1ccccc1)[C@@H](N)CO. The number of rotatable bonds is 7. The Kier molecular flexibility index (Phi) is 7.14. The number of carbonyl (C=O) groups excluding carboxylic acids is 2. The van der Waals surface area contributed by atoms with Crippen LogP contribution in [0.1, 0.15) is 17.3 Å². The number of ether oxygens (including phenoxy) is 2. The van der Waals surface area contributed by atoms with Crippen LogP contribution in [0.15, 0.2) is 42.5 Å². The molecule has 0 aliphatic carbocycles. The van der Waals surface area contributed by atoms with Gasteiger partial charge in [-0.15, -0.1) is 0 Å². The van der Waals surface area contributed by atoms with Gasteiger partial charge in [-0.25, -0.2) is 9.59 Å². The van der Waals surface area contributed by atoms with Crippen molar-refractivity contribution in [3.63, 3.8) is 0 Å². The van der Waals surface area contributed by atoms with Gasteiger partial charge in [0.15, 0.2) is 0 Å². The van der Waals surface area contributed by atoms with E-state index >= 15 is 0 Å². The molecule has 6 heteroatoms. The van der Waals surface area contributed by atoms with Crippen molar-refractivity contribution >= 4 is 11.9 Å². The van der Waals surface area contributed by atoms with E-state index in [0.717, 1.165) is 6.08 Å². The van der Waals surface area contributed by atoms with Gasteiger partial charge in [0.25, 0.3) is 0 Å². The maximum atomic E-state index is 11.9. The number of aliphatic hydroxyl groups is 1. The monoisotopic (exact) mass is 293 g/mol. The van der Waals surface area contributed by atoms with Gasteiger partial charge >= 0.3 is 11.9 Å². The van der Waals surface area contributed by atoms with Crippen LogP contribution in [0.2, 0.25) is 0 Å². The minimum absolute atomic E-state index is 0.240. The van der Waals surface area contributed by atoms with Crippen molar-refractivity contribution < 1.29 is 24.2 Å². The van der Waals surface area contributed by atoms with E-state index in [9.17, 15) is 9.59 Å². The number of hydrogen-bond donors (Lipinski definition) is 2. The minimum Gasteiger partial charge on any atom is -0.463 e. The Hall–Kier alpha value is -2.18. The molecule has 0 aromatic heterocycles. The van der Waals surface area contributed by atoms with Crippen molar-refractivity contribution in [2.75, 3.05) is 13.2 Å². The zero-order chi connectivity index (χ0) is 15.7. The van der Waals surface area contributed by atoms with Crippen LogP contribution in [0.3, 0.4) is 0 Å². The fourth-order valence-corrected chi connectivity index (χ4v) is 1.50. The van der Waals surface area contributed by atoms with E-state index in [-0.39, 0.29) is 13.2 Å². The smallest absolute Gasteiger partial charge is 0.338 e. The largest absolute Gasteiger partial charge is 0.463 e. The van der Waals surface area contributed by atoms with Gasteiger partial charge in [-0.05, 0) is 25.1 Å². The Labute approximate surface area is 123 Å². The molecule has 0 heterocycles. The van der Waals surface area contributed by atoms with Gasteiger partial charge in [-0.2, -0.15) is 0 Å². The lowest BCUT2D eigenvalue weighted by molar-refractivity contribution is -0.137. The van der Waals surface area contributed by atoms with Gasteiger partial charge in [0.2, 0.25) is 0 Å². The number of hydrogen-bond acceptors (Lipinski definition) is 6. The number of esters is 2. The number of aliphatic hydroxyl groups excluding tert-OH is 1. The second-order valence-corrected chi connectivity index (χ2v) is 4.19. The fraction of sp³-hybridized carbons (Fsp3) is 0.333. The third-order valence-corrected chi connectivity index (χ3v) is 2.59. The summed E-state index contributed by atoms with van der Waals surface area (Å²) in [6.07, 6.45) is 1.51. The van der Waals surface area contributed by atoms with Crippen LogP contribution in [0.25, 0.3) is 0 Å². The topological polar surface area (TPSA) is 98.9 Å². The van der Waals surface area contributed by atoms with Crippen LogP contribution in [-0.4, -0.2) is 42.4 Å². The van der Waals surface area contributed by atoms with E-state index in [0.29, 0.717) is 5.56 Å². The summed E-state index contributed by atoms with van der Waals surface area (Å²) in [6.45, 7) is 1.53. The van der Waals surface area contributed by atoms with Crippen molar-refractivity contribution in [1.82, 2.24) is 0 Å². The standard InChI is InChI=1S/C15H19NO5/c1-2-20-14(18)9-8-13(12(16)10-17)21-15(19)11-6-4-3-5-7-11/h3-9,12-13,17H,2,10,16H2,1H3/b9-8-/t12-,13+/m0/s1. The average Bonchev–Trinajstić information content (AvgIpc) is 2.51. The second kappa shape index (κ2) is 8.89. The van der Waals surface area contributed by atoms with Gasteiger partial charge in [-0.1, -0.05) is 18.2 Å². The van der Waals surface area contributed by atoms with Crippen molar-refractivity contribution in [3.8, 4) is 0 Å². The van der Waals surface area contributed by atoms with E-state index < -0.39 is 24.1 Å². The zero-order valence-corrected chi connectivity index (χ0v) is 11.8. The highest BCUT2D eigenvalue weighted by atomic mass is 16.5. The van der Waals surface area contributed by atoms with Gasteiger partial charge < -0.3 is 20.3 Å². The molecule has 0 aliphatic rings. The molecule has 0 saturated carbocycles. The highest BCUT2D eigenvalue weighted by Crippen LogP contribution is 2.07. The average molecular weight is 293 g/mol. The summed E-state index contributed by atoms with van der Waals surface area (Å²) in [5.41, 5.74) is 6.03. The van der Waals surface area contributed by atoms with Crippen LogP contribution in [-0.2, 0) is 14.3 Å². The predicted octanol–water partition coefficient (Wildman–Crippen LogP) is 0.651. The first-order valence-corrected chi connectivity index (χ1v) is 6.56. The van der Waals surface area contributed by atoms with Gasteiger partial charge in [0.05, 0.1) is 24.8 Å². The van der Waals surface area contributed by atoms with Crippen molar-refractivity contribution in [2.45, 2.75) is 19.1 Å². The third kappa shape index (κ3) is 5.76. The first kappa shape index (κ1) is 16.9. The summed E-state index contributed by atoms with van der Waals surface area (Å²) < 4.78 is 9.92. The van der Waals surface area contributed by atoms with Crippen LogP contribution >= 0.6 is 0 Å². The predicted molar refractivity (Wildman–Crippen MR) is 76.5 cm³/mol. The lowest BCUT2D eigenvalue weighted by Crippen LogP contribution is -2.40. The quantitative estimate of drug-likeness (QED) is 0.566. The molecule has 1 rings (SSSR count). The molecular formula is C15H19NO5. The van der Waals surface area contributed by atoms with Crippen LogP contribution in [0, 0.1) is 0 Å². The van der Waals surface area contributed by atoms with Crippen LogP contribution in [0.4, 0.5) is 0 Å².